The van der Waals surface area contributed by atoms with E-state index in [4.69, 9.17) is 17.6 Å². The highest BCUT2D eigenvalue weighted by atomic mass is 31.1. The molecule has 3 aromatic carbocycles. The number of pyridine rings is 1. The molecule has 0 saturated carbocycles. The highest BCUT2D eigenvalue weighted by Gasteiger charge is 2.19. The highest BCUT2D eigenvalue weighted by molar-refractivity contribution is 7.80. The number of benzene rings is 3. The molecule has 4 aromatic heterocycles. The van der Waals surface area contributed by atoms with E-state index in [1.807, 2.05) is 58.8 Å². The summed E-state index contributed by atoms with van der Waals surface area (Å²) >= 11 is 0. The minimum atomic E-state index is -0.974. The molecule has 7 rings (SSSR count). The van der Waals surface area contributed by atoms with Gasteiger partial charge in [-0.3, -0.25) is 9.44 Å². The Balaban J connectivity index is 1.42. The van der Waals surface area contributed by atoms with E-state index in [2.05, 4.69) is 57.4 Å². The molecule has 7 aromatic rings. The number of hydrogen-bond acceptors (Lipinski definition) is 4. The van der Waals surface area contributed by atoms with Crippen molar-refractivity contribution in [2.45, 2.75) is 6.54 Å². The maximum atomic E-state index is 6.39. The molecule has 0 aliphatic carbocycles. The normalized spacial score (nSPS) is 12.6. The van der Waals surface area contributed by atoms with Crippen LogP contribution in [0.4, 0.5) is 0 Å². The molecular formula is C28H21BN7P. The fourth-order valence-corrected chi connectivity index (χ4v) is 5.69. The van der Waals surface area contributed by atoms with Gasteiger partial charge in [0.15, 0.2) is 5.82 Å². The lowest BCUT2D eigenvalue weighted by atomic mass is 9.99. The topological polar surface area (TPSA) is 77.2 Å². The molecule has 37 heavy (non-hydrogen) atoms. The van der Waals surface area contributed by atoms with Gasteiger partial charge >= 0.3 is 0 Å². The standard InChI is InChI=1S/C28H21BN7P/c1-37(29)36-25-10-9-18(23-15-31-14-19-5-2-3-7-21(19)23)13-22(25)27(34-36)28-32-24-8-4-6-20(26(24)33-28)16-35-12-11-30-17-35/h2-15,17H,16H2,1H3,(H,32,33). The minimum absolute atomic E-state index is 0.693. The zero-order valence-electron chi connectivity index (χ0n) is 20.1. The number of rotatable bonds is 5. The Morgan fingerprint density at radius 2 is 1.89 bits per heavy atom. The van der Waals surface area contributed by atoms with Crippen LogP contribution in [0.2, 0.25) is 0 Å². The second kappa shape index (κ2) is 8.68. The van der Waals surface area contributed by atoms with Crippen LogP contribution in [-0.4, -0.2) is 48.3 Å². The first-order valence-electron chi connectivity index (χ1n) is 11.9. The Bertz CT molecular complexity index is 1900. The quantitative estimate of drug-likeness (QED) is 0.234. The van der Waals surface area contributed by atoms with Gasteiger partial charge in [0.05, 0.1) is 29.4 Å². The molecule has 0 saturated heterocycles. The molecule has 0 amide bonds. The van der Waals surface area contributed by atoms with E-state index in [0.717, 1.165) is 60.9 Å². The van der Waals surface area contributed by atoms with Gasteiger partial charge in [-0.05, 0) is 49.3 Å². The second-order valence-electron chi connectivity index (χ2n) is 9.09. The fraction of sp³-hybridized carbons (Fsp3) is 0.0714. The molecule has 0 aliphatic heterocycles. The van der Waals surface area contributed by atoms with Crippen molar-refractivity contribution in [3.63, 3.8) is 0 Å². The molecule has 0 aliphatic rings. The fourth-order valence-electron chi connectivity index (χ4n) is 4.94. The predicted octanol–water partition coefficient (Wildman–Crippen LogP) is 6.00. The number of hydrogen-bond donors (Lipinski definition) is 1. The van der Waals surface area contributed by atoms with Gasteiger partial charge < -0.3 is 9.55 Å². The summed E-state index contributed by atoms with van der Waals surface area (Å²) in [5, 5.41) is 8.22. The van der Waals surface area contributed by atoms with Crippen LogP contribution in [0.1, 0.15) is 5.56 Å². The third kappa shape index (κ3) is 3.72. The molecule has 1 atom stereocenters. The predicted molar refractivity (Wildman–Crippen MR) is 151 cm³/mol. The first-order chi connectivity index (χ1) is 18.2. The van der Waals surface area contributed by atoms with Crippen LogP contribution in [0.3, 0.4) is 0 Å². The molecule has 176 valence electrons. The minimum Gasteiger partial charge on any atom is -0.337 e. The largest absolute Gasteiger partial charge is 0.337 e. The monoisotopic (exact) mass is 497 g/mol. The lowest BCUT2D eigenvalue weighted by molar-refractivity contribution is 0.801. The van der Waals surface area contributed by atoms with Crippen molar-refractivity contribution in [2.24, 2.45) is 0 Å². The van der Waals surface area contributed by atoms with Gasteiger partial charge in [0.1, 0.15) is 13.3 Å². The van der Waals surface area contributed by atoms with Crippen LogP contribution >= 0.6 is 7.95 Å². The van der Waals surface area contributed by atoms with Crippen molar-refractivity contribution in [1.82, 2.24) is 34.1 Å². The number of nitrogens with zero attached hydrogens (tertiary/aromatic N) is 6. The molecular weight excluding hydrogens is 476 g/mol. The summed E-state index contributed by atoms with van der Waals surface area (Å²) in [6.45, 7) is 2.69. The van der Waals surface area contributed by atoms with Gasteiger partial charge in [-0.2, -0.15) is 5.10 Å². The van der Waals surface area contributed by atoms with Crippen molar-refractivity contribution in [1.29, 1.82) is 0 Å². The van der Waals surface area contributed by atoms with Crippen molar-refractivity contribution in [2.75, 3.05) is 6.66 Å². The van der Waals surface area contributed by atoms with Crippen LogP contribution in [0, 0.1) is 0 Å². The summed E-state index contributed by atoms with van der Waals surface area (Å²) in [4.78, 5) is 17.2. The number of fused-ring (bicyclic) bond motifs is 3. The van der Waals surface area contributed by atoms with Crippen LogP contribution in [0.25, 0.3) is 55.4 Å². The summed E-state index contributed by atoms with van der Waals surface area (Å²) in [5.74, 6) is 0.724. The zero-order valence-corrected chi connectivity index (χ0v) is 21.0. The molecule has 9 heteroatoms. The van der Waals surface area contributed by atoms with Crippen LogP contribution in [-0.2, 0) is 6.54 Å². The van der Waals surface area contributed by atoms with E-state index in [0.29, 0.717) is 6.54 Å². The molecule has 0 bridgehead atoms. The number of H-pyrrole nitrogens is 1. The summed E-state index contributed by atoms with van der Waals surface area (Å²) < 4.78 is 3.96. The Morgan fingerprint density at radius 1 is 0.973 bits per heavy atom. The number of nitrogens with one attached hydrogen (secondary N) is 1. The smallest absolute Gasteiger partial charge is 0.159 e. The van der Waals surface area contributed by atoms with Gasteiger partial charge in [0, 0.05) is 41.1 Å². The Labute approximate surface area is 215 Å². The van der Waals surface area contributed by atoms with Crippen LogP contribution in [0.15, 0.2) is 91.8 Å². The summed E-state index contributed by atoms with van der Waals surface area (Å²) in [6, 6.07) is 20.9. The van der Waals surface area contributed by atoms with E-state index in [-0.39, 0.29) is 0 Å². The third-order valence-electron chi connectivity index (χ3n) is 6.67. The number of aromatic amines is 1. The number of para-hydroxylation sites is 1. The molecule has 0 spiro atoms. The van der Waals surface area contributed by atoms with Crippen LogP contribution in [0.5, 0.6) is 0 Å². The first kappa shape index (κ1) is 22.0. The molecule has 1 N–H and O–H groups in total. The molecule has 0 fully saturated rings. The van der Waals surface area contributed by atoms with Gasteiger partial charge in [-0.25, -0.2) is 9.97 Å². The van der Waals surface area contributed by atoms with Gasteiger partial charge in [-0.15, -0.1) is 0 Å². The van der Waals surface area contributed by atoms with Gasteiger partial charge in [0.25, 0.3) is 0 Å². The van der Waals surface area contributed by atoms with Crippen molar-refractivity contribution < 1.29 is 0 Å². The molecule has 4 heterocycles. The molecule has 2 radical (unpaired) electrons. The van der Waals surface area contributed by atoms with Crippen LogP contribution < -0.4 is 0 Å². The summed E-state index contributed by atoms with van der Waals surface area (Å²) in [6.07, 6.45) is 9.38. The summed E-state index contributed by atoms with van der Waals surface area (Å²) in [7, 11) is 5.41. The SMILES string of the molecule is [B]P(C)n1nc(-c2nc3c(Cn4ccnc4)cccc3[nH]2)c2cc(-c3cncc4ccccc34)ccc21. The second-order valence-corrected chi connectivity index (χ2v) is 10.6. The average molecular weight is 497 g/mol. The maximum Gasteiger partial charge on any atom is 0.159 e. The van der Waals surface area contributed by atoms with Gasteiger partial charge in [0.2, 0.25) is 0 Å². The van der Waals surface area contributed by atoms with E-state index in [9.17, 15) is 0 Å². The number of aromatic nitrogens is 7. The van der Waals surface area contributed by atoms with E-state index in [1.165, 1.54) is 0 Å². The summed E-state index contributed by atoms with van der Waals surface area (Å²) in [5.41, 5.74) is 6.94. The molecule has 7 nitrogen and oxygen atoms in total. The molecule has 1 unspecified atom stereocenters. The van der Waals surface area contributed by atoms with E-state index < -0.39 is 7.95 Å². The van der Waals surface area contributed by atoms with Crippen molar-refractivity contribution >= 4 is 48.2 Å². The Hall–Kier alpha value is -4.29. The maximum absolute atomic E-state index is 6.39. The van der Waals surface area contributed by atoms with Gasteiger partial charge in [-0.1, -0.05) is 42.5 Å². The Morgan fingerprint density at radius 3 is 2.76 bits per heavy atom. The van der Waals surface area contributed by atoms with Crippen molar-refractivity contribution in [3.8, 4) is 22.6 Å². The van der Waals surface area contributed by atoms with E-state index in [1.54, 1.807) is 6.20 Å². The highest BCUT2D eigenvalue weighted by Crippen LogP contribution is 2.39. The van der Waals surface area contributed by atoms with E-state index >= 15 is 0 Å². The number of imidazole rings is 2. The van der Waals surface area contributed by atoms with Crippen molar-refractivity contribution in [3.05, 3.63) is 97.3 Å². The zero-order chi connectivity index (χ0) is 24.9. The average Bonchev–Trinajstić information content (AvgIpc) is 3.67. The lowest BCUT2D eigenvalue weighted by Crippen LogP contribution is -1.97. The third-order valence-corrected chi connectivity index (χ3v) is 7.58. The lowest BCUT2D eigenvalue weighted by Gasteiger charge is -2.09. The Kier molecular flexibility index (Phi) is 5.15. The first-order valence-corrected chi connectivity index (χ1v) is 13.7.